The summed E-state index contributed by atoms with van der Waals surface area (Å²) in [4.78, 5) is 14.9. The van der Waals surface area contributed by atoms with Gasteiger partial charge in [-0.1, -0.05) is 43.2 Å². The minimum Gasteiger partial charge on any atom is -0.481 e. The van der Waals surface area contributed by atoms with E-state index in [4.69, 9.17) is 4.74 Å². The Kier molecular flexibility index (Phi) is 6.77. The molecule has 1 amide bonds. The van der Waals surface area contributed by atoms with Gasteiger partial charge in [-0.3, -0.25) is 4.79 Å². The summed E-state index contributed by atoms with van der Waals surface area (Å²) >= 11 is 0. The lowest BCUT2D eigenvalue weighted by molar-refractivity contribution is -0.122. The Morgan fingerprint density at radius 3 is 2.42 bits per heavy atom. The first-order chi connectivity index (χ1) is 15.2. The largest absolute Gasteiger partial charge is 0.481 e. The van der Waals surface area contributed by atoms with Crippen molar-refractivity contribution in [2.24, 2.45) is 0 Å². The lowest BCUT2D eigenvalue weighted by Gasteiger charge is -2.20. The summed E-state index contributed by atoms with van der Waals surface area (Å²) in [7, 11) is 0. The Morgan fingerprint density at radius 1 is 0.935 bits per heavy atom. The maximum absolute atomic E-state index is 12.5. The molecule has 0 aliphatic carbocycles. The van der Waals surface area contributed by atoms with E-state index in [9.17, 15) is 4.79 Å². The van der Waals surface area contributed by atoms with Gasteiger partial charge in [0.05, 0.1) is 5.69 Å². The molecule has 0 spiro atoms. The molecule has 1 atom stereocenters. The number of anilines is 2. The highest BCUT2D eigenvalue weighted by Gasteiger charge is 2.16. The zero-order chi connectivity index (χ0) is 21.5. The molecule has 3 aromatic rings. The molecule has 31 heavy (non-hydrogen) atoms. The van der Waals surface area contributed by atoms with Gasteiger partial charge in [0.1, 0.15) is 5.75 Å². The average Bonchev–Trinajstić information content (AvgIpc) is 3.10. The first kappa shape index (κ1) is 20.8. The van der Waals surface area contributed by atoms with Gasteiger partial charge in [0.2, 0.25) is 0 Å². The number of ether oxygens (including phenoxy) is 1. The summed E-state index contributed by atoms with van der Waals surface area (Å²) in [5, 5.41) is 11.8. The van der Waals surface area contributed by atoms with Crippen LogP contribution in [0.25, 0.3) is 11.3 Å². The maximum atomic E-state index is 12.5. The lowest BCUT2D eigenvalue weighted by Crippen LogP contribution is -2.30. The van der Waals surface area contributed by atoms with Crippen molar-refractivity contribution in [3.8, 4) is 17.0 Å². The van der Waals surface area contributed by atoms with Gasteiger partial charge in [-0.25, -0.2) is 0 Å². The Balaban J connectivity index is 1.41. The average molecular weight is 417 g/mol. The van der Waals surface area contributed by atoms with Crippen molar-refractivity contribution in [3.63, 3.8) is 0 Å². The molecule has 1 aliphatic heterocycles. The molecule has 4 rings (SSSR count). The first-order valence-electron chi connectivity index (χ1n) is 10.9. The molecule has 2 aromatic carbocycles. The fourth-order valence-electron chi connectivity index (χ4n) is 3.70. The van der Waals surface area contributed by atoms with E-state index < -0.39 is 6.10 Å². The molecule has 0 radical (unpaired) electrons. The highest BCUT2D eigenvalue weighted by Crippen LogP contribution is 2.23. The second kappa shape index (κ2) is 10.1. The van der Waals surface area contributed by atoms with E-state index in [0.717, 1.165) is 30.2 Å². The number of hydrogen-bond acceptors (Lipinski definition) is 5. The molecule has 1 unspecified atom stereocenters. The molecule has 1 aromatic heterocycles. The van der Waals surface area contributed by atoms with Crippen LogP contribution in [0.2, 0.25) is 0 Å². The van der Waals surface area contributed by atoms with Crippen LogP contribution in [-0.4, -0.2) is 35.3 Å². The van der Waals surface area contributed by atoms with Crippen molar-refractivity contribution < 1.29 is 9.53 Å². The van der Waals surface area contributed by atoms with Crippen LogP contribution in [0.15, 0.2) is 66.7 Å². The Hall–Kier alpha value is -3.41. The zero-order valence-electron chi connectivity index (χ0n) is 17.8. The first-order valence-corrected chi connectivity index (χ1v) is 10.9. The highest BCUT2D eigenvalue weighted by atomic mass is 16.5. The second-order valence-corrected chi connectivity index (χ2v) is 7.82. The molecule has 6 nitrogen and oxygen atoms in total. The number of amides is 1. The summed E-state index contributed by atoms with van der Waals surface area (Å²) in [6.45, 7) is 3.82. The molecule has 0 saturated carbocycles. The van der Waals surface area contributed by atoms with Crippen molar-refractivity contribution in [2.75, 3.05) is 23.3 Å². The standard InChI is InChI=1S/C25H28N4O2/c1-19(31-22-12-5-4-6-13-22)25(30)26-21-11-9-10-20(18-21)23-14-15-24(28-27-23)29-16-7-2-3-8-17-29/h4-6,9-15,18-19H,2-3,7-8,16-17H2,1H3,(H,26,30). The summed E-state index contributed by atoms with van der Waals surface area (Å²) in [6.07, 6.45) is 4.37. The molecule has 0 bridgehead atoms. The van der Waals surface area contributed by atoms with Gasteiger partial charge in [0.15, 0.2) is 11.9 Å². The Morgan fingerprint density at radius 2 is 1.71 bits per heavy atom. The normalized spacial score (nSPS) is 15.1. The predicted molar refractivity (Wildman–Crippen MR) is 123 cm³/mol. The number of nitrogens with zero attached hydrogens (tertiary/aromatic N) is 3. The van der Waals surface area contributed by atoms with E-state index in [1.54, 1.807) is 6.92 Å². The Labute approximate surface area is 183 Å². The van der Waals surface area contributed by atoms with E-state index in [1.165, 1.54) is 25.7 Å². The third-order valence-corrected chi connectivity index (χ3v) is 5.43. The topological polar surface area (TPSA) is 67.3 Å². The lowest BCUT2D eigenvalue weighted by atomic mass is 10.1. The van der Waals surface area contributed by atoms with Crippen LogP contribution < -0.4 is 15.0 Å². The summed E-state index contributed by atoms with van der Waals surface area (Å²) in [5.41, 5.74) is 2.39. The number of carbonyl (C=O) groups excluding carboxylic acids is 1. The van der Waals surface area contributed by atoms with Crippen LogP contribution >= 0.6 is 0 Å². The molecule has 160 valence electrons. The van der Waals surface area contributed by atoms with Gasteiger partial charge in [-0.2, -0.15) is 0 Å². The number of aromatic nitrogens is 2. The molecular formula is C25H28N4O2. The van der Waals surface area contributed by atoms with Gasteiger partial charge in [0.25, 0.3) is 5.91 Å². The summed E-state index contributed by atoms with van der Waals surface area (Å²) in [5.74, 6) is 1.39. The molecule has 2 heterocycles. The third kappa shape index (κ3) is 5.60. The maximum Gasteiger partial charge on any atom is 0.265 e. The fraction of sp³-hybridized carbons (Fsp3) is 0.320. The quantitative estimate of drug-likeness (QED) is 0.617. The van der Waals surface area contributed by atoms with E-state index in [-0.39, 0.29) is 5.91 Å². The molecule has 1 aliphatic rings. The zero-order valence-corrected chi connectivity index (χ0v) is 17.8. The van der Waals surface area contributed by atoms with E-state index >= 15 is 0 Å². The minimum absolute atomic E-state index is 0.205. The number of rotatable bonds is 6. The number of para-hydroxylation sites is 1. The molecule has 1 N–H and O–H groups in total. The second-order valence-electron chi connectivity index (χ2n) is 7.82. The third-order valence-electron chi connectivity index (χ3n) is 5.43. The van der Waals surface area contributed by atoms with Gasteiger partial charge in [0, 0.05) is 24.3 Å². The van der Waals surface area contributed by atoms with Gasteiger partial charge in [-0.05, 0) is 56.2 Å². The van der Waals surface area contributed by atoms with Gasteiger partial charge >= 0.3 is 0 Å². The van der Waals surface area contributed by atoms with Gasteiger partial charge < -0.3 is 15.0 Å². The number of carbonyl (C=O) groups is 1. The predicted octanol–water partition coefficient (Wildman–Crippen LogP) is 4.93. The number of hydrogen-bond donors (Lipinski definition) is 1. The van der Waals surface area contributed by atoms with Crippen LogP contribution in [0.3, 0.4) is 0 Å². The van der Waals surface area contributed by atoms with E-state index in [0.29, 0.717) is 11.4 Å². The van der Waals surface area contributed by atoms with Crippen molar-refractivity contribution in [3.05, 3.63) is 66.7 Å². The van der Waals surface area contributed by atoms with Crippen LogP contribution in [0.4, 0.5) is 11.5 Å². The molecule has 1 saturated heterocycles. The molecule has 1 fully saturated rings. The van der Waals surface area contributed by atoms with Crippen LogP contribution in [0, 0.1) is 0 Å². The van der Waals surface area contributed by atoms with Crippen molar-refractivity contribution in [1.29, 1.82) is 0 Å². The van der Waals surface area contributed by atoms with Crippen molar-refractivity contribution in [2.45, 2.75) is 38.7 Å². The van der Waals surface area contributed by atoms with E-state index in [2.05, 4.69) is 20.4 Å². The fourth-order valence-corrected chi connectivity index (χ4v) is 3.70. The summed E-state index contributed by atoms with van der Waals surface area (Å²) < 4.78 is 5.70. The van der Waals surface area contributed by atoms with Crippen molar-refractivity contribution in [1.82, 2.24) is 10.2 Å². The van der Waals surface area contributed by atoms with Gasteiger partial charge in [-0.15, -0.1) is 10.2 Å². The number of benzene rings is 2. The van der Waals surface area contributed by atoms with Crippen molar-refractivity contribution >= 4 is 17.4 Å². The van der Waals surface area contributed by atoms with Crippen LogP contribution in [0.5, 0.6) is 5.75 Å². The summed E-state index contributed by atoms with van der Waals surface area (Å²) in [6, 6.07) is 21.0. The Bertz CT molecular complexity index is 984. The van der Waals surface area contributed by atoms with E-state index in [1.807, 2.05) is 66.7 Å². The number of nitrogens with one attached hydrogen (secondary N) is 1. The SMILES string of the molecule is CC(Oc1ccccc1)C(=O)Nc1cccc(-c2ccc(N3CCCCCC3)nn2)c1. The van der Waals surface area contributed by atoms with Crippen LogP contribution in [0.1, 0.15) is 32.6 Å². The highest BCUT2D eigenvalue weighted by molar-refractivity contribution is 5.94. The minimum atomic E-state index is -0.612. The van der Waals surface area contributed by atoms with Crippen LogP contribution in [-0.2, 0) is 4.79 Å². The smallest absolute Gasteiger partial charge is 0.265 e. The molecule has 6 heteroatoms. The monoisotopic (exact) mass is 416 g/mol. The molecular weight excluding hydrogens is 388 g/mol.